The van der Waals surface area contributed by atoms with Crippen LogP contribution in [0.4, 0.5) is 4.39 Å². The normalized spacial score (nSPS) is 11.0. The van der Waals surface area contributed by atoms with Crippen molar-refractivity contribution in [2.24, 2.45) is 0 Å². The van der Waals surface area contributed by atoms with Crippen molar-refractivity contribution in [3.05, 3.63) is 72.0 Å². The lowest BCUT2D eigenvalue weighted by molar-refractivity contribution is 0.529. The minimum atomic E-state index is -0.285. The number of aryl methyl sites for hydroxylation is 1. The highest BCUT2D eigenvalue weighted by Crippen LogP contribution is 2.26. The van der Waals surface area contributed by atoms with Crippen molar-refractivity contribution in [1.29, 1.82) is 0 Å². The molecule has 0 unspecified atom stereocenters. The van der Waals surface area contributed by atoms with Gasteiger partial charge in [-0.25, -0.2) is 9.37 Å². The maximum absolute atomic E-state index is 13.0. The molecule has 0 aliphatic heterocycles. The van der Waals surface area contributed by atoms with Crippen molar-refractivity contribution in [3.8, 4) is 17.0 Å². The number of hydrogen-bond donors (Lipinski definition) is 0. The molecule has 2 aromatic carbocycles. The Balaban J connectivity index is 1.48. The monoisotopic (exact) mass is 367 g/mol. The number of oxazole rings is 1. The van der Waals surface area contributed by atoms with Gasteiger partial charge in [0.05, 0.1) is 17.6 Å². The van der Waals surface area contributed by atoms with E-state index in [0.717, 1.165) is 11.3 Å². The minimum absolute atomic E-state index is 0.285. The fourth-order valence-corrected chi connectivity index (χ4v) is 3.11. The van der Waals surface area contributed by atoms with Crippen LogP contribution in [-0.4, -0.2) is 25.2 Å². The fraction of sp³-hybridized carbons (Fsp3) is 0.111. The van der Waals surface area contributed by atoms with Crippen molar-refractivity contribution < 1.29 is 8.81 Å². The van der Waals surface area contributed by atoms with Gasteiger partial charge in [-0.2, -0.15) is 4.68 Å². The van der Waals surface area contributed by atoms with Crippen molar-refractivity contribution in [2.45, 2.75) is 17.8 Å². The molecule has 2 aromatic heterocycles. The van der Waals surface area contributed by atoms with Crippen LogP contribution in [-0.2, 0) is 5.75 Å². The summed E-state index contributed by atoms with van der Waals surface area (Å²) in [5.41, 5.74) is 2.84. The van der Waals surface area contributed by atoms with Gasteiger partial charge in [-0.1, -0.05) is 29.5 Å². The molecule has 6 nitrogen and oxygen atoms in total. The SMILES string of the molecule is Cc1ccc(-n2nnnc2SCc2ncc(-c3ccc(F)cc3)o2)cc1. The van der Waals surface area contributed by atoms with Crippen LogP contribution in [0, 0.1) is 12.7 Å². The summed E-state index contributed by atoms with van der Waals surface area (Å²) in [6, 6.07) is 14.0. The molecule has 0 atom stereocenters. The van der Waals surface area contributed by atoms with Crippen molar-refractivity contribution >= 4 is 11.8 Å². The van der Waals surface area contributed by atoms with E-state index in [-0.39, 0.29) is 5.82 Å². The molecule has 0 saturated carbocycles. The minimum Gasteiger partial charge on any atom is -0.440 e. The smallest absolute Gasteiger partial charge is 0.214 e. The third-order valence-corrected chi connectivity index (χ3v) is 4.63. The molecule has 8 heteroatoms. The molecule has 0 spiro atoms. The average molecular weight is 367 g/mol. The average Bonchev–Trinajstić information content (AvgIpc) is 3.30. The Kier molecular flexibility index (Phi) is 4.49. The summed E-state index contributed by atoms with van der Waals surface area (Å²) in [5.74, 6) is 1.34. The fourth-order valence-electron chi connectivity index (χ4n) is 2.37. The van der Waals surface area contributed by atoms with Crippen LogP contribution < -0.4 is 0 Å². The Labute approximate surface area is 153 Å². The van der Waals surface area contributed by atoms with Crippen molar-refractivity contribution in [2.75, 3.05) is 0 Å². The molecule has 0 bridgehead atoms. The second kappa shape index (κ2) is 7.09. The van der Waals surface area contributed by atoms with Gasteiger partial charge in [0.2, 0.25) is 11.0 Å². The van der Waals surface area contributed by atoms with Gasteiger partial charge in [0.1, 0.15) is 5.82 Å². The van der Waals surface area contributed by atoms with Crippen LogP contribution in [0.15, 0.2) is 64.3 Å². The van der Waals surface area contributed by atoms with Gasteiger partial charge in [0.25, 0.3) is 0 Å². The molecule has 0 saturated heterocycles. The molecule has 0 aliphatic carbocycles. The Morgan fingerprint density at radius 1 is 1.08 bits per heavy atom. The predicted octanol–water partition coefficient (Wildman–Crippen LogP) is 4.06. The van der Waals surface area contributed by atoms with E-state index in [1.54, 1.807) is 23.0 Å². The standard InChI is InChI=1S/C18H14FN5OS/c1-12-2-8-15(9-3-12)24-18(21-22-23-24)26-11-17-20-10-16(25-17)13-4-6-14(19)7-5-13/h2-10H,11H2,1H3. The van der Waals surface area contributed by atoms with E-state index in [9.17, 15) is 4.39 Å². The first kappa shape index (κ1) is 16.5. The molecule has 0 radical (unpaired) electrons. The number of aromatic nitrogens is 5. The molecule has 0 N–H and O–H groups in total. The lowest BCUT2D eigenvalue weighted by Crippen LogP contribution is -1.99. The molecule has 0 aliphatic rings. The number of nitrogens with zero attached hydrogens (tertiary/aromatic N) is 5. The number of thioether (sulfide) groups is 1. The van der Waals surface area contributed by atoms with E-state index >= 15 is 0 Å². The summed E-state index contributed by atoms with van der Waals surface area (Å²) in [6.07, 6.45) is 1.63. The number of benzene rings is 2. The van der Waals surface area contributed by atoms with Gasteiger partial charge >= 0.3 is 0 Å². The third kappa shape index (κ3) is 3.50. The summed E-state index contributed by atoms with van der Waals surface area (Å²) in [5, 5.41) is 12.5. The van der Waals surface area contributed by atoms with Crippen LogP contribution in [0.3, 0.4) is 0 Å². The largest absolute Gasteiger partial charge is 0.440 e. The van der Waals surface area contributed by atoms with E-state index < -0.39 is 0 Å². The van der Waals surface area contributed by atoms with Crippen LogP contribution in [0.25, 0.3) is 17.0 Å². The first-order chi connectivity index (χ1) is 12.7. The first-order valence-corrected chi connectivity index (χ1v) is 8.86. The topological polar surface area (TPSA) is 69.6 Å². The van der Waals surface area contributed by atoms with E-state index in [1.807, 2.05) is 31.2 Å². The zero-order chi connectivity index (χ0) is 17.9. The van der Waals surface area contributed by atoms with E-state index in [1.165, 1.54) is 29.5 Å². The molecule has 130 valence electrons. The number of hydrogen-bond acceptors (Lipinski definition) is 6. The van der Waals surface area contributed by atoms with Crippen LogP contribution >= 0.6 is 11.8 Å². The molecule has 4 aromatic rings. The Morgan fingerprint density at radius 2 is 1.85 bits per heavy atom. The zero-order valence-corrected chi connectivity index (χ0v) is 14.7. The van der Waals surface area contributed by atoms with Crippen LogP contribution in [0.5, 0.6) is 0 Å². The highest BCUT2D eigenvalue weighted by Gasteiger charge is 2.12. The third-order valence-electron chi connectivity index (χ3n) is 3.73. The van der Waals surface area contributed by atoms with E-state index in [2.05, 4.69) is 20.5 Å². The molecular formula is C18H14FN5OS. The first-order valence-electron chi connectivity index (χ1n) is 7.88. The second-order valence-electron chi connectivity index (χ2n) is 5.62. The number of rotatable bonds is 5. The van der Waals surface area contributed by atoms with E-state index in [0.29, 0.717) is 22.6 Å². The lowest BCUT2D eigenvalue weighted by Gasteiger charge is -2.03. The predicted molar refractivity (Wildman–Crippen MR) is 95.3 cm³/mol. The van der Waals surface area contributed by atoms with Crippen LogP contribution in [0.1, 0.15) is 11.5 Å². The van der Waals surface area contributed by atoms with Gasteiger partial charge in [-0.3, -0.25) is 0 Å². The van der Waals surface area contributed by atoms with Gasteiger partial charge < -0.3 is 4.42 Å². The quantitative estimate of drug-likeness (QED) is 0.496. The highest BCUT2D eigenvalue weighted by molar-refractivity contribution is 7.98. The van der Waals surface area contributed by atoms with Gasteiger partial charge in [-0.05, 0) is 53.7 Å². The van der Waals surface area contributed by atoms with Crippen LogP contribution in [0.2, 0.25) is 0 Å². The molecule has 0 amide bonds. The van der Waals surface area contributed by atoms with Gasteiger partial charge in [-0.15, -0.1) is 5.10 Å². The Hall–Kier alpha value is -3.00. The number of halogens is 1. The van der Waals surface area contributed by atoms with E-state index in [4.69, 9.17) is 4.42 Å². The molecule has 26 heavy (non-hydrogen) atoms. The molecule has 0 fully saturated rings. The Bertz CT molecular complexity index is 1010. The van der Waals surface area contributed by atoms with Gasteiger partial charge in [0, 0.05) is 5.56 Å². The van der Waals surface area contributed by atoms with Crippen molar-refractivity contribution in [3.63, 3.8) is 0 Å². The summed E-state index contributed by atoms with van der Waals surface area (Å²) in [6.45, 7) is 2.03. The summed E-state index contributed by atoms with van der Waals surface area (Å²) in [4.78, 5) is 4.27. The Morgan fingerprint density at radius 3 is 2.62 bits per heavy atom. The molecular weight excluding hydrogens is 353 g/mol. The number of tetrazole rings is 1. The maximum atomic E-state index is 13.0. The van der Waals surface area contributed by atoms with Gasteiger partial charge in [0.15, 0.2) is 5.76 Å². The molecule has 2 heterocycles. The zero-order valence-electron chi connectivity index (χ0n) is 13.8. The molecule has 4 rings (SSSR count). The summed E-state index contributed by atoms with van der Waals surface area (Å²) in [7, 11) is 0. The highest BCUT2D eigenvalue weighted by atomic mass is 32.2. The summed E-state index contributed by atoms with van der Waals surface area (Å²) >= 11 is 1.43. The lowest BCUT2D eigenvalue weighted by atomic mass is 10.2. The second-order valence-corrected chi connectivity index (χ2v) is 6.57. The maximum Gasteiger partial charge on any atom is 0.214 e. The van der Waals surface area contributed by atoms with Crippen molar-refractivity contribution in [1.82, 2.24) is 25.2 Å². The summed E-state index contributed by atoms with van der Waals surface area (Å²) < 4.78 is 20.4.